The van der Waals surface area contributed by atoms with E-state index in [1.54, 1.807) is 0 Å². The Morgan fingerprint density at radius 3 is 2.10 bits per heavy atom. The molecule has 0 aliphatic heterocycles. The molecule has 0 rings (SSSR count). The number of carbonyl (C=O) groups is 2. The monoisotopic (exact) mass is 146 g/mol. The Morgan fingerprint density at radius 2 is 2.00 bits per heavy atom. The van der Waals surface area contributed by atoms with E-state index in [4.69, 9.17) is 11.5 Å². The molecule has 1 atom stereocenters. The van der Waals surface area contributed by atoms with Crippen molar-refractivity contribution in [3.8, 4) is 0 Å². The number of hydrogen-bond acceptors (Lipinski definition) is 3. The van der Waals surface area contributed by atoms with Crippen molar-refractivity contribution in [3.05, 3.63) is 0 Å². The number of methoxy groups -OCH3 is 1. The number of hydrogen-bond donors (Lipinski definition) is 2. The van der Waals surface area contributed by atoms with Crippen molar-refractivity contribution in [2.75, 3.05) is 7.11 Å². The Kier molecular flexibility index (Phi) is 3.42. The Hall–Kier alpha value is -1.10. The summed E-state index contributed by atoms with van der Waals surface area (Å²) >= 11 is 0. The minimum absolute atomic E-state index is 0.161. The van der Waals surface area contributed by atoms with Gasteiger partial charge in [0.25, 0.3) is 0 Å². The van der Waals surface area contributed by atoms with Crippen LogP contribution in [0.4, 0.5) is 0 Å². The van der Waals surface area contributed by atoms with Crippen molar-refractivity contribution in [1.82, 2.24) is 0 Å². The highest BCUT2D eigenvalue weighted by molar-refractivity contribution is 5.85. The van der Waals surface area contributed by atoms with Gasteiger partial charge in [-0.05, 0) is 0 Å². The van der Waals surface area contributed by atoms with Gasteiger partial charge in [0.2, 0.25) is 11.8 Å². The van der Waals surface area contributed by atoms with Crippen LogP contribution in [0.1, 0.15) is 6.42 Å². The van der Waals surface area contributed by atoms with Crippen LogP contribution in [0.2, 0.25) is 0 Å². The first-order chi connectivity index (χ1) is 4.57. The van der Waals surface area contributed by atoms with Crippen molar-refractivity contribution in [1.29, 1.82) is 0 Å². The maximum absolute atomic E-state index is 10.4. The lowest BCUT2D eigenvalue weighted by Crippen LogP contribution is -2.34. The SMILES string of the molecule is CO[C@@H](CC(N)=O)C(N)=O. The number of rotatable bonds is 4. The summed E-state index contributed by atoms with van der Waals surface area (Å²) in [4.78, 5) is 20.6. The van der Waals surface area contributed by atoms with E-state index in [1.807, 2.05) is 0 Å². The number of carbonyl (C=O) groups excluding carboxylic acids is 2. The third-order valence-corrected chi connectivity index (χ3v) is 0.988. The molecule has 0 aliphatic rings. The minimum atomic E-state index is -0.891. The average Bonchev–Trinajstić information content (AvgIpc) is 1.81. The van der Waals surface area contributed by atoms with Gasteiger partial charge in [-0.3, -0.25) is 9.59 Å². The largest absolute Gasteiger partial charge is 0.371 e. The molecule has 4 N–H and O–H groups in total. The topological polar surface area (TPSA) is 95.4 Å². The summed E-state index contributed by atoms with van der Waals surface area (Å²) in [6, 6.07) is 0. The predicted molar refractivity (Wildman–Crippen MR) is 33.8 cm³/mol. The molecular weight excluding hydrogens is 136 g/mol. The Balaban J connectivity index is 3.83. The standard InChI is InChI=1S/C5H10N2O3/c1-10-3(5(7)9)2-4(6)8/h3H,2H2,1H3,(H2,6,8)(H2,7,9)/t3-/m0/s1. The second kappa shape index (κ2) is 3.84. The third kappa shape index (κ3) is 3.03. The molecule has 5 nitrogen and oxygen atoms in total. The van der Waals surface area contributed by atoms with E-state index in [0.717, 1.165) is 0 Å². The quantitative estimate of drug-likeness (QED) is 0.498. The third-order valence-electron chi connectivity index (χ3n) is 0.988. The Morgan fingerprint density at radius 1 is 1.50 bits per heavy atom. The van der Waals surface area contributed by atoms with E-state index in [2.05, 4.69) is 4.74 Å². The smallest absolute Gasteiger partial charge is 0.247 e. The van der Waals surface area contributed by atoms with Crippen LogP contribution in [0.15, 0.2) is 0 Å². The van der Waals surface area contributed by atoms with Crippen LogP contribution in [-0.4, -0.2) is 25.0 Å². The zero-order chi connectivity index (χ0) is 8.15. The van der Waals surface area contributed by atoms with Crippen molar-refractivity contribution in [2.45, 2.75) is 12.5 Å². The van der Waals surface area contributed by atoms with Gasteiger partial charge >= 0.3 is 0 Å². The van der Waals surface area contributed by atoms with Gasteiger partial charge in [-0.15, -0.1) is 0 Å². The van der Waals surface area contributed by atoms with Gasteiger partial charge in [-0.2, -0.15) is 0 Å². The van der Waals surface area contributed by atoms with Crippen LogP contribution in [0.3, 0.4) is 0 Å². The molecule has 0 bridgehead atoms. The maximum atomic E-state index is 10.4. The molecule has 58 valence electrons. The summed E-state index contributed by atoms with van der Waals surface area (Å²) < 4.78 is 4.55. The molecule has 2 amide bonds. The number of ether oxygens (including phenoxy) is 1. The van der Waals surface area contributed by atoms with Crippen LogP contribution in [0.5, 0.6) is 0 Å². The van der Waals surface area contributed by atoms with E-state index >= 15 is 0 Å². The molecule has 0 saturated heterocycles. The zero-order valence-electron chi connectivity index (χ0n) is 5.66. The zero-order valence-corrected chi connectivity index (χ0v) is 5.66. The van der Waals surface area contributed by atoms with Gasteiger partial charge in [-0.25, -0.2) is 0 Å². The lowest BCUT2D eigenvalue weighted by Gasteiger charge is -2.07. The van der Waals surface area contributed by atoms with Crippen molar-refractivity contribution in [2.24, 2.45) is 11.5 Å². The lowest BCUT2D eigenvalue weighted by atomic mass is 10.2. The second-order valence-electron chi connectivity index (χ2n) is 1.80. The summed E-state index contributed by atoms with van der Waals surface area (Å²) in [5.41, 5.74) is 9.60. The van der Waals surface area contributed by atoms with Crippen molar-refractivity contribution >= 4 is 11.8 Å². The van der Waals surface area contributed by atoms with Crippen LogP contribution in [0.25, 0.3) is 0 Å². The minimum Gasteiger partial charge on any atom is -0.371 e. The van der Waals surface area contributed by atoms with Crippen LogP contribution in [0, 0.1) is 0 Å². The Bertz CT molecular complexity index is 146. The van der Waals surface area contributed by atoms with E-state index < -0.39 is 17.9 Å². The van der Waals surface area contributed by atoms with Crippen LogP contribution in [-0.2, 0) is 14.3 Å². The number of nitrogens with two attached hydrogens (primary N) is 2. The van der Waals surface area contributed by atoms with E-state index in [1.165, 1.54) is 7.11 Å². The number of amides is 2. The molecule has 0 radical (unpaired) electrons. The highest BCUT2D eigenvalue weighted by Gasteiger charge is 2.15. The normalized spacial score (nSPS) is 12.5. The van der Waals surface area contributed by atoms with Gasteiger partial charge in [0.1, 0.15) is 6.10 Å². The molecule has 0 saturated carbocycles. The fraction of sp³-hybridized carbons (Fsp3) is 0.600. The molecule has 0 unspecified atom stereocenters. The first-order valence-electron chi connectivity index (χ1n) is 2.68. The van der Waals surface area contributed by atoms with Gasteiger partial charge in [0.05, 0.1) is 6.42 Å². The van der Waals surface area contributed by atoms with E-state index in [9.17, 15) is 9.59 Å². The summed E-state index contributed by atoms with van der Waals surface area (Å²) in [7, 11) is 1.29. The van der Waals surface area contributed by atoms with Crippen LogP contribution < -0.4 is 11.5 Å². The predicted octanol–water partition coefficient (Wildman–Crippen LogP) is -1.64. The van der Waals surface area contributed by atoms with Gasteiger partial charge in [0, 0.05) is 7.11 Å². The molecule has 5 heteroatoms. The average molecular weight is 146 g/mol. The Labute approximate surface area is 58.3 Å². The van der Waals surface area contributed by atoms with Crippen LogP contribution >= 0.6 is 0 Å². The van der Waals surface area contributed by atoms with Gasteiger partial charge < -0.3 is 16.2 Å². The van der Waals surface area contributed by atoms with Gasteiger partial charge in [-0.1, -0.05) is 0 Å². The molecule has 0 aliphatic carbocycles. The maximum Gasteiger partial charge on any atom is 0.247 e. The molecule has 10 heavy (non-hydrogen) atoms. The first-order valence-corrected chi connectivity index (χ1v) is 2.68. The highest BCUT2D eigenvalue weighted by atomic mass is 16.5. The summed E-state index contributed by atoms with van der Waals surface area (Å²) in [5, 5.41) is 0. The first kappa shape index (κ1) is 8.90. The summed E-state index contributed by atoms with van der Waals surface area (Å²) in [6.45, 7) is 0. The number of primary amides is 2. The van der Waals surface area contributed by atoms with Crippen molar-refractivity contribution < 1.29 is 14.3 Å². The van der Waals surface area contributed by atoms with E-state index in [-0.39, 0.29) is 6.42 Å². The molecule has 0 fully saturated rings. The van der Waals surface area contributed by atoms with E-state index in [0.29, 0.717) is 0 Å². The highest BCUT2D eigenvalue weighted by Crippen LogP contribution is 1.93. The van der Waals surface area contributed by atoms with Gasteiger partial charge in [0.15, 0.2) is 0 Å². The summed E-state index contributed by atoms with van der Waals surface area (Å²) in [5.74, 6) is -1.29. The molecule has 0 heterocycles. The molecule has 0 aromatic heterocycles. The molecule has 0 spiro atoms. The molecule has 0 aromatic carbocycles. The fourth-order valence-corrected chi connectivity index (χ4v) is 0.483. The van der Waals surface area contributed by atoms with Crippen molar-refractivity contribution in [3.63, 3.8) is 0 Å². The second-order valence-corrected chi connectivity index (χ2v) is 1.80. The fourth-order valence-electron chi connectivity index (χ4n) is 0.483. The molecular formula is C5H10N2O3. The molecule has 0 aromatic rings. The lowest BCUT2D eigenvalue weighted by molar-refractivity contribution is -0.132. The summed E-state index contributed by atoms with van der Waals surface area (Å²) in [6.07, 6.45) is -1.05.